The van der Waals surface area contributed by atoms with E-state index in [1.165, 1.54) is 34.8 Å². The summed E-state index contributed by atoms with van der Waals surface area (Å²) in [6.07, 6.45) is 4.11. The van der Waals surface area contributed by atoms with Gasteiger partial charge in [0, 0.05) is 6.54 Å². The summed E-state index contributed by atoms with van der Waals surface area (Å²) in [4.78, 5) is 21.0. The molecule has 2 aromatic carbocycles. The van der Waals surface area contributed by atoms with E-state index in [4.69, 9.17) is 0 Å². The minimum Gasteiger partial charge on any atom is -0.355 e. The van der Waals surface area contributed by atoms with Crippen LogP contribution < -0.4 is 5.32 Å². The molecule has 4 rings (SSSR count). The molecule has 2 heterocycles. The Balaban J connectivity index is 1.41. The van der Waals surface area contributed by atoms with Crippen LogP contribution >= 0.6 is 11.8 Å². The molecule has 0 radical (unpaired) electrons. The zero-order chi connectivity index (χ0) is 20.9. The third kappa shape index (κ3) is 4.52. The lowest BCUT2D eigenvalue weighted by molar-refractivity contribution is -0.118. The van der Waals surface area contributed by atoms with Crippen LogP contribution in [0.4, 0.5) is 0 Å². The molecule has 0 aliphatic heterocycles. The molecule has 0 bridgehead atoms. The number of aromatic nitrogens is 4. The SMILES string of the molecule is Cc1ccc(-n2ncc3c(SCC(=O)NCCc4ccccc4)ncnc32)cc1C. The summed E-state index contributed by atoms with van der Waals surface area (Å²) in [7, 11) is 0. The fourth-order valence-corrected chi connectivity index (χ4v) is 3.95. The topological polar surface area (TPSA) is 72.7 Å². The molecular formula is C23H23N5OS. The number of hydrogen-bond acceptors (Lipinski definition) is 5. The van der Waals surface area contributed by atoms with Crippen LogP contribution in [0.1, 0.15) is 16.7 Å². The highest BCUT2D eigenvalue weighted by molar-refractivity contribution is 8.00. The summed E-state index contributed by atoms with van der Waals surface area (Å²) >= 11 is 1.40. The Morgan fingerprint density at radius 1 is 1.07 bits per heavy atom. The Morgan fingerprint density at radius 3 is 2.70 bits per heavy atom. The van der Waals surface area contributed by atoms with Gasteiger partial charge in [-0.25, -0.2) is 14.6 Å². The average Bonchev–Trinajstić information content (AvgIpc) is 3.20. The van der Waals surface area contributed by atoms with Crippen LogP contribution in [0.5, 0.6) is 0 Å². The van der Waals surface area contributed by atoms with Gasteiger partial charge >= 0.3 is 0 Å². The van der Waals surface area contributed by atoms with Crippen molar-refractivity contribution in [1.82, 2.24) is 25.1 Å². The maximum absolute atomic E-state index is 12.2. The Bertz CT molecular complexity index is 1170. The van der Waals surface area contributed by atoms with Crippen molar-refractivity contribution in [3.63, 3.8) is 0 Å². The third-order valence-electron chi connectivity index (χ3n) is 4.98. The van der Waals surface area contributed by atoms with Crippen LogP contribution in [0.25, 0.3) is 16.7 Å². The van der Waals surface area contributed by atoms with Crippen LogP contribution in [-0.2, 0) is 11.2 Å². The van der Waals surface area contributed by atoms with Crippen LogP contribution in [-0.4, -0.2) is 38.0 Å². The molecule has 0 fully saturated rings. The number of aryl methyl sites for hydroxylation is 2. The highest BCUT2D eigenvalue weighted by Crippen LogP contribution is 2.26. The number of carbonyl (C=O) groups is 1. The second-order valence-corrected chi connectivity index (χ2v) is 8.08. The van der Waals surface area contributed by atoms with Crippen molar-refractivity contribution in [3.05, 3.63) is 77.7 Å². The van der Waals surface area contributed by atoms with Crippen molar-refractivity contribution in [2.75, 3.05) is 12.3 Å². The third-order valence-corrected chi connectivity index (χ3v) is 5.99. The van der Waals surface area contributed by atoms with Gasteiger partial charge in [0.15, 0.2) is 5.65 Å². The molecule has 0 aliphatic rings. The van der Waals surface area contributed by atoms with Gasteiger partial charge in [-0.15, -0.1) is 0 Å². The van der Waals surface area contributed by atoms with E-state index >= 15 is 0 Å². The molecule has 4 aromatic rings. The van der Waals surface area contributed by atoms with E-state index in [1.54, 1.807) is 6.20 Å². The van der Waals surface area contributed by atoms with Gasteiger partial charge in [0.2, 0.25) is 5.91 Å². The fraction of sp³-hybridized carbons (Fsp3) is 0.217. The number of carbonyl (C=O) groups excluding carboxylic acids is 1. The molecule has 0 unspecified atom stereocenters. The molecule has 0 aliphatic carbocycles. The summed E-state index contributed by atoms with van der Waals surface area (Å²) in [6.45, 7) is 4.78. The van der Waals surface area contributed by atoms with E-state index in [-0.39, 0.29) is 5.91 Å². The molecule has 1 amide bonds. The number of nitrogens with zero attached hydrogens (tertiary/aromatic N) is 4. The molecule has 0 atom stereocenters. The Hall–Kier alpha value is -3.19. The van der Waals surface area contributed by atoms with E-state index in [1.807, 2.05) is 28.9 Å². The maximum atomic E-state index is 12.2. The number of fused-ring (bicyclic) bond motifs is 1. The van der Waals surface area contributed by atoms with Gasteiger partial charge in [0.05, 0.1) is 23.0 Å². The van der Waals surface area contributed by atoms with Gasteiger partial charge in [-0.1, -0.05) is 48.2 Å². The van der Waals surface area contributed by atoms with Crippen LogP contribution in [0.2, 0.25) is 0 Å². The molecule has 6 nitrogen and oxygen atoms in total. The van der Waals surface area contributed by atoms with Crippen LogP contribution in [0.3, 0.4) is 0 Å². The summed E-state index contributed by atoms with van der Waals surface area (Å²) in [5, 5.41) is 9.08. The molecule has 7 heteroatoms. The van der Waals surface area contributed by atoms with E-state index in [2.05, 4.69) is 58.5 Å². The molecule has 30 heavy (non-hydrogen) atoms. The quantitative estimate of drug-likeness (QED) is 0.365. The zero-order valence-electron chi connectivity index (χ0n) is 17.0. The summed E-state index contributed by atoms with van der Waals surface area (Å²) in [5.74, 6) is 0.291. The lowest BCUT2D eigenvalue weighted by atomic mass is 10.1. The molecule has 2 aromatic heterocycles. The first-order valence-electron chi connectivity index (χ1n) is 9.81. The first-order valence-corrected chi connectivity index (χ1v) is 10.8. The van der Waals surface area contributed by atoms with Crippen molar-refractivity contribution in [2.45, 2.75) is 25.3 Å². The predicted octanol–water partition coefficient (Wildman–Crippen LogP) is 3.88. The zero-order valence-corrected chi connectivity index (χ0v) is 17.8. The molecule has 1 N–H and O–H groups in total. The number of amides is 1. The highest BCUT2D eigenvalue weighted by atomic mass is 32.2. The standard InChI is InChI=1S/C23H23N5OS/c1-16-8-9-19(12-17(16)2)28-22-20(13-27-28)23(26-15-25-22)30-14-21(29)24-11-10-18-6-4-3-5-7-18/h3-9,12-13,15H,10-11,14H2,1-2H3,(H,24,29). The molecule has 0 saturated heterocycles. The number of hydrogen-bond donors (Lipinski definition) is 1. The Morgan fingerprint density at radius 2 is 1.90 bits per heavy atom. The first-order chi connectivity index (χ1) is 14.6. The number of rotatable bonds is 7. The second kappa shape index (κ2) is 9.09. The Labute approximate surface area is 179 Å². The fourth-order valence-electron chi connectivity index (χ4n) is 3.16. The number of nitrogens with one attached hydrogen (secondary N) is 1. The van der Waals surface area contributed by atoms with Gasteiger partial charge in [-0.3, -0.25) is 4.79 Å². The first kappa shape index (κ1) is 20.1. The largest absolute Gasteiger partial charge is 0.355 e. The summed E-state index contributed by atoms with van der Waals surface area (Å²) in [6, 6.07) is 16.3. The van der Waals surface area contributed by atoms with Gasteiger partial charge in [0.25, 0.3) is 0 Å². The van der Waals surface area contributed by atoms with Crippen molar-refractivity contribution in [2.24, 2.45) is 0 Å². The normalized spacial score (nSPS) is 11.0. The van der Waals surface area contributed by atoms with Crippen LogP contribution in [0, 0.1) is 13.8 Å². The predicted molar refractivity (Wildman–Crippen MR) is 120 cm³/mol. The van der Waals surface area contributed by atoms with Gasteiger partial charge in [0.1, 0.15) is 11.4 Å². The number of thioether (sulfide) groups is 1. The van der Waals surface area contributed by atoms with E-state index < -0.39 is 0 Å². The van der Waals surface area contributed by atoms with E-state index in [9.17, 15) is 4.79 Å². The van der Waals surface area contributed by atoms with Crippen molar-refractivity contribution < 1.29 is 4.79 Å². The van der Waals surface area contributed by atoms with Crippen molar-refractivity contribution in [1.29, 1.82) is 0 Å². The van der Waals surface area contributed by atoms with Gasteiger partial charge < -0.3 is 5.32 Å². The summed E-state index contributed by atoms with van der Waals surface area (Å²) in [5.41, 5.74) is 5.34. The minimum absolute atomic E-state index is 0.00996. The molecule has 0 saturated carbocycles. The van der Waals surface area contributed by atoms with Crippen LogP contribution in [0.15, 0.2) is 66.1 Å². The average molecular weight is 418 g/mol. The summed E-state index contributed by atoms with van der Waals surface area (Å²) < 4.78 is 1.81. The minimum atomic E-state index is -0.00996. The lowest BCUT2D eigenvalue weighted by Gasteiger charge is -2.07. The maximum Gasteiger partial charge on any atom is 0.230 e. The van der Waals surface area contributed by atoms with Crippen molar-refractivity contribution >= 4 is 28.7 Å². The van der Waals surface area contributed by atoms with E-state index in [0.29, 0.717) is 12.3 Å². The second-order valence-electron chi connectivity index (χ2n) is 7.12. The highest BCUT2D eigenvalue weighted by Gasteiger charge is 2.13. The molecule has 0 spiro atoms. The monoisotopic (exact) mass is 417 g/mol. The number of benzene rings is 2. The van der Waals surface area contributed by atoms with E-state index in [0.717, 1.165) is 28.2 Å². The smallest absolute Gasteiger partial charge is 0.230 e. The molecule has 152 valence electrons. The van der Waals surface area contributed by atoms with Gasteiger partial charge in [-0.2, -0.15) is 5.10 Å². The van der Waals surface area contributed by atoms with Crippen molar-refractivity contribution in [3.8, 4) is 5.69 Å². The van der Waals surface area contributed by atoms with Gasteiger partial charge in [-0.05, 0) is 49.1 Å². The molecular weight excluding hydrogens is 394 g/mol. The lowest BCUT2D eigenvalue weighted by Crippen LogP contribution is -2.27. The Kier molecular flexibility index (Phi) is 6.09.